The first-order valence-corrected chi connectivity index (χ1v) is 6.50. The predicted octanol–water partition coefficient (Wildman–Crippen LogP) is 1.94. The summed E-state index contributed by atoms with van der Waals surface area (Å²) in [6.07, 6.45) is 13.3. The molecular weight excluding hydrogens is 284 g/mol. The Labute approximate surface area is 129 Å². The lowest BCUT2D eigenvalue weighted by molar-refractivity contribution is -0.136. The number of hydrogen-bond donors (Lipinski definition) is 3. The van der Waals surface area contributed by atoms with Crippen LogP contribution in [-0.4, -0.2) is 41.5 Å². The van der Waals surface area contributed by atoms with E-state index in [-0.39, 0.29) is 13.1 Å². The molecule has 0 saturated heterocycles. The molecule has 0 spiro atoms. The first-order valence-electron chi connectivity index (χ1n) is 6.50. The maximum absolute atomic E-state index is 10.4. The molecule has 0 saturated carbocycles. The third kappa shape index (κ3) is 9.96. The van der Waals surface area contributed by atoms with Gasteiger partial charge in [0, 0.05) is 6.21 Å². The second-order valence-corrected chi connectivity index (χ2v) is 3.97. The summed E-state index contributed by atoms with van der Waals surface area (Å²) < 4.78 is 0. The lowest BCUT2D eigenvalue weighted by Crippen LogP contribution is -2.16. The van der Waals surface area contributed by atoms with Gasteiger partial charge >= 0.3 is 11.9 Å². The largest absolute Gasteiger partial charge is 0.480 e. The summed E-state index contributed by atoms with van der Waals surface area (Å²) in [6.45, 7) is 5.00. The molecule has 0 aliphatic rings. The normalized spacial score (nSPS) is 13.1. The molecule has 118 valence electrons. The van der Waals surface area contributed by atoms with Gasteiger partial charge in [0.2, 0.25) is 0 Å². The molecule has 6 heteroatoms. The van der Waals surface area contributed by atoms with Crippen LogP contribution in [0.5, 0.6) is 0 Å². The molecule has 0 aliphatic carbocycles. The Bertz CT molecular complexity index is 540. The fraction of sp³-hybridized carbons (Fsp3) is 0.188. The van der Waals surface area contributed by atoms with Gasteiger partial charge in [-0.15, -0.1) is 0 Å². The zero-order valence-corrected chi connectivity index (χ0v) is 12.4. The van der Waals surface area contributed by atoms with Gasteiger partial charge in [-0.2, -0.15) is 0 Å². The maximum atomic E-state index is 10.4. The molecule has 0 heterocycles. The van der Waals surface area contributed by atoms with Crippen molar-refractivity contribution in [2.45, 2.75) is 6.92 Å². The molecule has 6 nitrogen and oxygen atoms in total. The van der Waals surface area contributed by atoms with E-state index >= 15 is 0 Å². The highest BCUT2D eigenvalue weighted by molar-refractivity contribution is 5.78. The molecule has 22 heavy (non-hydrogen) atoms. The Morgan fingerprint density at radius 3 is 2.36 bits per heavy atom. The third-order valence-corrected chi connectivity index (χ3v) is 2.20. The van der Waals surface area contributed by atoms with Gasteiger partial charge in [-0.25, -0.2) is 0 Å². The monoisotopic (exact) mass is 304 g/mol. The van der Waals surface area contributed by atoms with Crippen molar-refractivity contribution in [2.75, 3.05) is 13.1 Å². The fourth-order valence-corrected chi connectivity index (χ4v) is 1.36. The molecule has 0 aromatic heterocycles. The second-order valence-electron chi connectivity index (χ2n) is 3.97. The van der Waals surface area contributed by atoms with Crippen LogP contribution in [0.25, 0.3) is 0 Å². The van der Waals surface area contributed by atoms with Crippen LogP contribution in [0, 0.1) is 0 Å². The summed E-state index contributed by atoms with van der Waals surface area (Å²) in [4.78, 5) is 24.6. The molecule has 0 aliphatic heterocycles. The van der Waals surface area contributed by atoms with E-state index in [1.165, 1.54) is 12.4 Å². The average molecular weight is 304 g/mol. The van der Waals surface area contributed by atoms with Gasteiger partial charge in [0.15, 0.2) is 0 Å². The van der Waals surface area contributed by atoms with E-state index in [4.69, 9.17) is 10.2 Å². The van der Waals surface area contributed by atoms with E-state index in [0.29, 0.717) is 0 Å². The average Bonchev–Trinajstić information content (AvgIpc) is 2.45. The highest BCUT2D eigenvalue weighted by Crippen LogP contribution is 2.13. The summed E-state index contributed by atoms with van der Waals surface area (Å²) in [7, 11) is 0. The Morgan fingerprint density at radius 1 is 1.14 bits per heavy atom. The molecule has 0 radical (unpaired) electrons. The number of allylic oxidation sites excluding steroid dienone is 8. The zero-order valence-electron chi connectivity index (χ0n) is 12.4. The smallest absolute Gasteiger partial charge is 0.325 e. The lowest BCUT2D eigenvalue weighted by atomic mass is 10.0. The number of aliphatic imine (C=N–C) groups is 1. The molecule has 0 bridgehead atoms. The number of nitrogens with one attached hydrogen (secondary N) is 1. The van der Waals surface area contributed by atoms with E-state index in [0.717, 1.165) is 11.1 Å². The topological polar surface area (TPSA) is 99.0 Å². The molecule has 0 aromatic carbocycles. The van der Waals surface area contributed by atoms with Gasteiger partial charge in [0.05, 0.1) is 0 Å². The van der Waals surface area contributed by atoms with Crippen molar-refractivity contribution in [3.05, 3.63) is 60.4 Å². The number of carboxylic acid groups (broad SMARTS) is 2. The highest BCUT2D eigenvalue weighted by atomic mass is 16.4. The lowest BCUT2D eigenvalue weighted by Gasteiger charge is -2.03. The van der Waals surface area contributed by atoms with E-state index in [1.807, 2.05) is 19.1 Å². The SMILES string of the molecule is C=C/C=C(\C=C/NCC(=O)O)C(/C=C\C)=C/C=NCC(=O)O. The molecule has 0 fully saturated rings. The second kappa shape index (κ2) is 11.9. The van der Waals surface area contributed by atoms with E-state index in [1.54, 1.807) is 24.3 Å². The number of nitrogens with zero attached hydrogens (tertiary/aromatic N) is 1. The molecule has 0 rings (SSSR count). The number of aliphatic carboxylic acids is 2. The van der Waals surface area contributed by atoms with Gasteiger partial charge in [0.1, 0.15) is 13.1 Å². The molecule has 0 atom stereocenters. The van der Waals surface area contributed by atoms with Crippen LogP contribution in [0.15, 0.2) is 65.4 Å². The Kier molecular flexibility index (Phi) is 10.3. The first-order chi connectivity index (χ1) is 10.5. The van der Waals surface area contributed by atoms with Crippen molar-refractivity contribution in [2.24, 2.45) is 4.99 Å². The predicted molar refractivity (Wildman–Crippen MR) is 87.0 cm³/mol. The minimum atomic E-state index is -1.00. The summed E-state index contributed by atoms with van der Waals surface area (Å²) >= 11 is 0. The van der Waals surface area contributed by atoms with E-state index in [9.17, 15) is 9.59 Å². The van der Waals surface area contributed by atoms with Crippen LogP contribution in [0.1, 0.15) is 6.92 Å². The minimum absolute atomic E-state index is 0.180. The van der Waals surface area contributed by atoms with Gasteiger partial charge in [-0.3, -0.25) is 14.6 Å². The molecule has 3 N–H and O–H groups in total. The van der Waals surface area contributed by atoms with Crippen molar-refractivity contribution in [1.82, 2.24) is 5.32 Å². The van der Waals surface area contributed by atoms with Crippen molar-refractivity contribution in [1.29, 1.82) is 0 Å². The van der Waals surface area contributed by atoms with Crippen LogP contribution >= 0.6 is 0 Å². The minimum Gasteiger partial charge on any atom is -0.480 e. The van der Waals surface area contributed by atoms with Crippen molar-refractivity contribution >= 4 is 18.2 Å². The van der Waals surface area contributed by atoms with Crippen LogP contribution in [0.2, 0.25) is 0 Å². The van der Waals surface area contributed by atoms with Gasteiger partial charge in [0.25, 0.3) is 0 Å². The van der Waals surface area contributed by atoms with Crippen LogP contribution in [0.3, 0.4) is 0 Å². The molecule has 0 unspecified atom stereocenters. The first kappa shape index (κ1) is 19.1. The highest BCUT2D eigenvalue weighted by Gasteiger charge is 1.97. The molecule has 0 amide bonds. The van der Waals surface area contributed by atoms with Crippen LogP contribution in [0.4, 0.5) is 0 Å². The van der Waals surface area contributed by atoms with Gasteiger partial charge < -0.3 is 15.5 Å². The van der Waals surface area contributed by atoms with E-state index in [2.05, 4.69) is 16.9 Å². The molecule has 0 aromatic rings. The zero-order chi connectivity index (χ0) is 16.8. The summed E-state index contributed by atoms with van der Waals surface area (Å²) in [5.41, 5.74) is 1.55. The summed E-state index contributed by atoms with van der Waals surface area (Å²) in [5.74, 6) is -1.96. The Hall–Kier alpha value is -2.89. The third-order valence-electron chi connectivity index (χ3n) is 2.20. The number of rotatable bonds is 10. The number of carbonyl (C=O) groups is 2. The van der Waals surface area contributed by atoms with Gasteiger partial charge in [-0.1, -0.05) is 30.9 Å². The van der Waals surface area contributed by atoms with Crippen LogP contribution in [-0.2, 0) is 9.59 Å². The van der Waals surface area contributed by atoms with Crippen molar-refractivity contribution < 1.29 is 19.8 Å². The number of carboxylic acids is 2. The standard InChI is InChI=1S/C16H20N2O4/c1-3-5-13(7-9-17-11-15(19)20)14(6-4-2)8-10-18-12-16(21)22/h3-10,17H,1,11-12H2,2H3,(H,19,20)(H,21,22)/b6-4-,9-7-,13-5+,14-8+,18-10?. The molecular formula is C16H20N2O4. The summed E-state index contributed by atoms with van der Waals surface area (Å²) in [5, 5.41) is 19.7. The Balaban J connectivity index is 5.10. The van der Waals surface area contributed by atoms with Crippen LogP contribution < -0.4 is 5.32 Å². The number of hydrogen-bond acceptors (Lipinski definition) is 4. The maximum Gasteiger partial charge on any atom is 0.325 e. The Morgan fingerprint density at radius 2 is 1.82 bits per heavy atom. The quantitative estimate of drug-likeness (QED) is 0.423. The van der Waals surface area contributed by atoms with Crippen molar-refractivity contribution in [3.63, 3.8) is 0 Å². The summed E-state index contributed by atoms with van der Waals surface area (Å²) in [6, 6.07) is 0. The van der Waals surface area contributed by atoms with Gasteiger partial charge in [-0.05, 0) is 36.4 Å². The van der Waals surface area contributed by atoms with E-state index < -0.39 is 11.9 Å². The van der Waals surface area contributed by atoms with Crippen molar-refractivity contribution in [3.8, 4) is 0 Å². The fourth-order valence-electron chi connectivity index (χ4n) is 1.36.